The zero-order valence-electron chi connectivity index (χ0n) is 16.9. The highest BCUT2D eigenvalue weighted by atomic mass is 32.2. The van der Waals surface area contributed by atoms with Crippen LogP contribution in [0.25, 0.3) is 0 Å². The molecule has 2 aliphatic rings. The summed E-state index contributed by atoms with van der Waals surface area (Å²) in [6.07, 6.45) is -3.06. The van der Waals surface area contributed by atoms with E-state index in [1.807, 2.05) is 0 Å². The van der Waals surface area contributed by atoms with Gasteiger partial charge in [0.05, 0.1) is 11.6 Å². The van der Waals surface area contributed by atoms with Crippen molar-refractivity contribution in [3.05, 3.63) is 35.9 Å². The van der Waals surface area contributed by atoms with E-state index in [1.54, 1.807) is 13.8 Å². The summed E-state index contributed by atoms with van der Waals surface area (Å²) >= 11 is 0. The minimum absolute atomic E-state index is 0.0508. The van der Waals surface area contributed by atoms with Crippen molar-refractivity contribution < 1.29 is 30.8 Å². The minimum atomic E-state index is -4.29. The van der Waals surface area contributed by atoms with Crippen molar-refractivity contribution in [2.24, 2.45) is 16.2 Å². The molecule has 31 heavy (non-hydrogen) atoms. The van der Waals surface area contributed by atoms with Gasteiger partial charge in [-0.3, -0.25) is 4.79 Å². The lowest BCUT2D eigenvalue weighted by atomic mass is 9.79. The molecule has 1 amide bonds. The summed E-state index contributed by atoms with van der Waals surface area (Å²) in [5, 5.41) is 2.36. The van der Waals surface area contributed by atoms with Crippen molar-refractivity contribution in [3.8, 4) is 0 Å². The number of carbonyl (C=O) groups excluding carboxylic acids is 1. The molecule has 0 spiro atoms. The maximum atomic E-state index is 13.3. The average molecular weight is 462 g/mol. The van der Waals surface area contributed by atoms with Crippen LogP contribution in [0.2, 0.25) is 0 Å². The van der Waals surface area contributed by atoms with Crippen molar-refractivity contribution >= 4 is 27.6 Å². The van der Waals surface area contributed by atoms with E-state index in [4.69, 9.17) is 0 Å². The maximum absolute atomic E-state index is 13.3. The standard InChI is InChI=1S/C19H22F4N4O3S/c1-11(2)27-15(18(28)25-17-5-3-4-16(20)24-17)10-14(26-31(27,29)30)12-6-8-13(9-7-12)19(21,22)23/h3-5,10-13H,6-9H2,1-2H3,(H,24,25,28). The highest BCUT2D eigenvalue weighted by Crippen LogP contribution is 2.41. The van der Waals surface area contributed by atoms with Gasteiger partial charge in [-0.15, -0.1) is 4.40 Å². The largest absolute Gasteiger partial charge is 0.391 e. The average Bonchev–Trinajstić information content (AvgIpc) is 2.65. The van der Waals surface area contributed by atoms with E-state index < -0.39 is 46.1 Å². The molecular weight excluding hydrogens is 440 g/mol. The lowest BCUT2D eigenvalue weighted by Gasteiger charge is -2.34. The molecule has 12 heteroatoms. The Kier molecular flexibility index (Phi) is 6.40. The summed E-state index contributed by atoms with van der Waals surface area (Å²) < 4.78 is 82.3. The normalized spacial score (nSPS) is 23.9. The van der Waals surface area contributed by atoms with Crippen molar-refractivity contribution in [1.82, 2.24) is 9.29 Å². The summed E-state index contributed by atoms with van der Waals surface area (Å²) in [7, 11) is -4.28. The zero-order chi connectivity index (χ0) is 23.0. The molecule has 0 radical (unpaired) electrons. The molecule has 0 atom stereocenters. The van der Waals surface area contributed by atoms with Crippen molar-refractivity contribution in [1.29, 1.82) is 0 Å². The third-order valence-electron chi connectivity index (χ3n) is 5.26. The number of anilines is 1. The van der Waals surface area contributed by atoms with E-state index in [9.17, 15) is 30.8 Å². The lowest BCUT2D eigenvalue weighted by Crippen LogP contribution is -2.43. The number of nitrogens with one attached hydrogen (secondary N) is 1. The first-order chi connectivity index (χ1) is 14.4. The summed E-state index contributed by atoms with van der Waals surface area (Å²) in [5.41, 5.74) is -0.195. The van der Waals surface area contributed by atoms with Gasteiger partial charge >= 0.3 is 16.4 Å². The number of alkyl halides is 3. The number of nitrogens with zero attached hydrogens (tertiary/aromatic N) is 3. The van der Waals surface area contributed by atoms with E-state index >= 15 is 0 Å². The number of pyridine rings is 1. The van der Waals surface area contributed by atoms with Gasteiger partial charge in [0.1, 0.15) is 11.5 Å². The molecule has 1 aliphatic heterocycles. The second kappa shape index (κ2) is 8.56. The molecular formula is C19H22F4N4O3S. The van der Waals surface area contributed by atoms with E-state index in [2.05, 4.69) is 14.7 Å². The number of hydrogen-bond donors (Lipinski definition) is 1. The molecule has 0 saturated heterocycles. The van der Waals surface area contributed by atoms with Crippen LogP contribution in [0.15, 0.2) is 34.4 Å². The van der Waals surface area contributed by atoms with Gasteiger partial charge in [-0.25, -0.2) is 9.29 Å². The van der Waals surface area contributed by atoms with Crippen molar-refractivity contribution in [2.45, 2.75) is 51.7 Å². The number of allylic oxidation sites excluding steroid dienone is 1. The first-order valence-electron chi connectivity index (χ1n) is 9.75. The van der Waals surface area contributed by atoms with E-state index in [-0.39, 0.29) is 42.9 Å². The molecule has 2 heterocycles. The zero-order valence-corrected chi connectivity index (χ0v) is 17.7. The predicted molar refractivity (Wildman–Crippen MR) is 106 cm³/mol. The predicted octanol–water partition coefficient (Wildman–Crippen LogP) is 3.82. The van der Waals surface area contributed by atoms with Crippen LogP contribution in [0.5, 0.6) is 0 Å². The van der Waals surface area contributed by atoms with Gasteiger partial charge in [0.25, 0.3) is 5.91 Å². The molecule has 0 bridgehead atoms. The van der Waals surface area contributed by atoms with Crippen LogP contribution in [-0.4, -0.2) is 41.5 Å². The van der Waals surface area contributed by atoms with Crippen LogP contribution in [0.4, 0.5) is 23.4 Å². The molecule has 1 fully saturated rings. The molecule has 7 nitrogen and oxygen atoms in total. The van der Waals surface area contributed by atoms with Gasteiger partial charge in [0, 0.05) is 12.0 Å². The fraction of sp³-hybridized carbons (Fsp3) is 0.526. The summed E-state index contributed by atoms with van der Waals surface area (Å²) in [6.45, 7) is 3.10. The van der Waals surface area contributed by atoms with Gasteiger partial charge in [-0.2, -0.15) is 26.0 Å². The fourth-order valence-corrected chi connectivity index (χ4v) is 5.28. The monoisotopic (exact) mass is 462 g/mol. The molecule has 3 rings (SSSR count). The summed E-state index contributed by atoms with van der Waals surface area (Å²) in [5.74, 6) is -3.72. The molecule has 1 aromatic rings. The molecule has 1 N–H and O–H groups in total. The van der Waals surface area contributed by atoms with E-state index in [1.165, 1.54) is 18.2 Å². The summed E-state index contributed by atoms with van der Waals surface area (Å²) in [4.78, 5) is 16.4. The Bertz CT molecular complexity index is 1010. The maximum Gasteiger partial charge on any atom is 0.391 e. The van der Waals surface area contributed by atoms with Crippen LogP contribution in [0.3, 0.4) is 0 Å². The van der Waals surface area contributed by atoms with Crippen molar-refractivity contribution in [2.75, 3.05) is 5.32 Å². The number of amides is 1. The molecule has 1 saturated carbocycles. The summed E-state index contributed by atoms with van der Waals surface area (Å²) in [6, 6.07) is 3.10. The highest BCUT2D eigenvalue weighted by Gasteiger charge is 2.43. The molecule has 170 valence electrons. The number of rotatable bonds is 4. The van der Waals surface area contributed by atoms with Crippen LogP contribution in [0, 0.1) is 17.8 Å². The Hall–Kier alpha value is -2.50. The van der Waals surface area contributed by atoms with Gasteiger partial charge < -0.3 is 5.32 Å². The van der Waals surface area contributed by atoms with Crippen LogP contribution in [0.1, 0.15) is 39.5 Å². The first-order valence-corrected chi connectivity index (χ1v) is 11.1. The second-order valence-corrected chi connectivity index (χ2v) is 9.27. The van der Waals surface area contributed by atoms with Gasteiger partial charge in [-0.05, 0) is 57.7 Å². The molecule has 1 aromatic heterocycles. The van der Waals surface area contributed by atoms with Crippen LogP contribution < -0.4 is 5.32 Å². The molecule has 0 aromatic carbocycles. The van der Waals surface area contributed by atoms with E-state index in [0.29, 0.717) is 0 Å². The SMILES string of the molecule is CC(C)N1C(C(=O)Nc2cccc(F)n2)=CC(C2CCC(C(F)(F)F)CC2)=NS1(=O)=O. The topological polar surface area (TPSA) is 91.7 Å². The van der Waals surface area contributed by atoms with Gasteiger partial charge in [0.15, 0.2) is 0 Å². The third-order valence-corrected chi connectivity index (χ3v) is 6.82. The smallest absolute Gasteiger partial charge is 0.305 e. The Morgan fingerprint density at radius 1 is 1.19 bits per heavy atom. The Morgan fingerprint density at radius 2 is 1.84 bits per heavy atom. The van der Waals surface area contributed by atoms with E-state index in [0.717, 1.165) is 10.4 Å². The first kappa shape index (κ1) is 23.2. The van der Waals surface area contributed by atoms with Crippen LogP contribution in [-0.2, 0) is 15.0 Å². The quantitative estimate of drug-likeness (QED) is 0.544. The van der Waals surface area contributed by atoms with Crippen LogP contribution >= 0.6 is 0 Å². The number of halogens is 4. The Balaban J connectivity index is 1.89. The van der Waals surface area contributed by atoms with Gasteiger partial charge in [0.2, 0.25) is 5.95 Å². The molecule has 1 aliphatic carbocycles. The lowest BCUT2D eigenvalue weighted by molar-refractivity contribution is -0.182. The number of aromatic nitrogens is 1. The van der Waals surface area contributed by atoms with Crippen molar-refractivity contribution in [3.63, 3.8) is 0 Å². The minimum Gasteiger partial charge on any atom is -0.305 e. The second-order valence-electron chi connectivity index (χ2n) is 7.80. The number of carbonyl (C=O) groups is 1. The third kappa shape index (κ3) is 5.23. The number of hydrogen-bond acceptors (Lipinski definition) is 4. The Labute approximate surface area is 177 Å². The molecule has 0 unspecified atom stereocenters. The highest BCUT2D eigenvalue weighted by molar-refractivity contribution is 7.88. The Morgan fingerprint density at radius 3 is 2.39 bits per heavy atom. The fourth-order valence-electron chi connectivity index (χ4n) is 3.81. The van der Waals surface area contributed by atoms with Gasteiger partial charge in [-0.1, -0.05) is 6.07 Å².